The molecule has 2 N–H and O–H groups in total. The fraction of sp³-hybridized carbons (Fsp3) is 0.300. The van der Waals surface area contributed by atoms with Crippen LogP contribution < -0.4 is 5.32 Å². The smallest absolute Gasteiger partial charge is 0.163 e. The Morgan fingerprint density at radius 3 is 2.63 bits per heavy atom. The number of hydrogen-bond acceptors (Lipinski definition) is 6. The summed E-state index contributed by atoms with van der Waals surface area (Å²) in [7, 11) is 0. The Balaban J connectivity index is 1.38. The molecule has 1 aliphatic heterocycles. The second kappa shape index (κ2) is 9.19. The molecule has 194 valence electrons. The first-order valence-electron chi connectivity index (χ1n) is 12.7. The van der Waals surface area contributed by atoms with E-state index in [-0.39, 0.29) is 6.04 Å². The van der Waals surface area contributed by atoms with Crippen LogP contribution in [0.25, 0.3) is 5.00 Å². The van der Waals surface area contributed by atoms with Gasteiger partial charge in [-0.15, -0.1) is 21.5 Å². The maximum absolute atomic E-state index is 10.5. The summed E-state index contributed by atoms with van der Waals surface area (Å²) in [5.74, 6) is 1.64. The topological polar surface area (TPSA) is 75.3 Å². The molecule has 0 spiro atoms. The van der Waals surface area contributed by atoms with Crippen LogP contribution in [0.5, 0.6) is 0 Å². The molecule has 0 saturated carbocycles. The van der Waals surface area contributed by atoms with Gasteiger partial charge in [-0.25, -0.2) is 0 Å². The number of aliphatic hydroxyl groups is 1. The molecule has 1 aliphatic carbocycles. The van der Waals surface area contributed by atoms with Gasteiger partial charge in [0.05, 0.1) is 11.3 Å². The van der Waals surface area contributed by atoms with Gasteiger partial charge >= 0.3 is 0 Å². The first-order chi connectivity index (χ1) is 18.1. The molecular formula is C30H30ClN5OS. The van der Waals surface area contributed by atoms with Crippen molar-refractivity contribution >= 4 is 34.3 Å². The van der Waals surface area contributed by atoms with Crippen molar-refractivity contribution < 1.29 is 5.11 Å². The Bertz CT molecular complexity index is 1610. The van der Waals surface area contributed by atoms with E-state index in [1.165, 1.54) is 21.6 Å². The quantitative estimate of drug-likeness (QED) is 0.295. The van der Waals surface area contributed by atoms with Crippen LogP contribution in [-0.2, 0) is 12.8 Å². The third kappa shape index (κ3) is 4.38. The van der Waals surface area contributed by atoms with Crippen molar-refractivity contribution in [1.29, 1.82) is 0 Å². The molecule has 2 aromatic heterocycles. The molecule has 0 bridgehead atoms. The first-order valence-corrected chi connectivity index (χ1v) is 13.9. The van der Waals surface area contributed by atoms with E-state index in [9.17, 15) is 5.11 Å². The predicted molar refractivity (Wildman–Crippen MR) is 155 cm³/mol. The van der Waals surface area contributed by atoms with Crippen LogP contribution in [0.15, 0.2) is 59.7 Å². The largest absolute Gasteiger partial charge is 0.389 e. The molecule has 4 aromatic rings. The van der Waals surface area contributed by atoms with Gasteiger partial charge in [-0.1, -0.05) is 36.4 Å². The monoisotopic (exact) mass is 543 g/mol. The number of thiophene rings is 1. The predicted octanol–water partition coefficient (Wildman–Crippen LogP) is 6.67. The van der Waals surface area contributed by atoms with E-state index in [0.717, 1.165) is 44.9 Å². The summed E-state index contributed by atoms with van der Waals surface area (Å²) in [4.78, 5) is 6.57. The molecule has 38 heavy (non-hydrogen) atoms. The third-order valence-corrected chi connectivity index (χ3v) is 8.91. The van der Waals surface area contributed by atoms with Gasteiger partial charge in [0.1, 0.15) is 16.9 Å². The van der Waals surface area contributed by atoms with Crippen LogP contribution in [0.4, 0.5) is 5.69 Å². The van der Waals surface area contributed by atoms with E-state index in [4.69, 9.17) is 16.6 Å². The Kier molecular flexibility index (Phi) is 6.05. The Labute approximate surface area is 231 Å². The molecule has 3 heterocycles. The fourth-order valence-electron chi connectivity index (χ4n) is 5.54. The van der Waals surface area contributed by atoms with Crippen molar-refractivity contribution in [3.8, 4) is 5.00 Å². The molecule has 6 rings (SSSR count). The van der Waals surface area contributed by atoms with Crippen LogP contribution in [0.3, 0.4) is 0 Å². The molecule has 0 fully saturated rings. The van der Waals surface area contributed by atoms with Crippen molar-refractivity contribution in [2.75, 3.05) is 5.32 Å². The summed E-state index contributed by atoms with van der Waals surface area (Å²) < 4.78 is 2.15. The molecule has 0 radical (unpaired) electrons. The van der Waals surface area contributed by atoms with Crippen LogP contribution in [-0.4, -0.2) is 31.2 Å². The lowest BCUT2D eigenvalue weighted by Gasteiger charge is -2.16. The highest BCUT2D eigenvalue weighted by Gasteiger charge is 2.32. The summed E-state index contributed by atoms with van der Waals surface area (Å²) >= 11 is 7.97. The summed E-state index contributed by atoms with van der Waals surface area (Å²) in [5.41, 5.74) is 7.78. The first kappa shape index (κ1) is 25.0. The number of halogens is 1. The van der Waals surface area contributed by atoms with Crippen LogP contribution in [0.2, 0.25) is 5.02 Å². The van der Waals surface area contributed by atoms with Crippen LogP contribution in [0.1, 0.15) is 63.7 Å². The summed E-state index contributed by atoms with van der Waals surface area (Å²) in [6.07, 6.45) is 1.90. The average Bonchev–Trinajstić information content (AvgIpc) is 3.45. The third-order valence-electron chi connectivity index (χ3n) is 7.47. The van der Waals surface area contributed by atoms with Gasteiger partial charge in [-0.3, -0.25) is 9.56 Å². The van der Waals surface area contributed by atoms with Gasteiger partial charge in [-0.2, -0.15) is 0 Å². The highest BCUT2D eigenvalue weighted by molar-refractivity contribution is 7.15. The minimum absolute atomic E-state index is 0.281. The molecule has 0 amide bonds. The molecule has 2 atom stereocenters. The van der Waals surface area contributed by atoms with E-state index in [1.54, 1.807) is 11.3 Å². The van der Waals surface area contributed by atoms with E-state index in [0.29, 0.717) is 24.3 Å². The fourth-order valence-corrected chi connectivity index (χ4v) is 6.88. The number of nitrogens with one attached hydrogen (secondary N) is 1. The van der Waals surface area contributed by atoms with Gasteiger partial charge in [0.25, 0.3) is 0 Å². The minimum atomic E-state index is -0.677. The number of hydrogen-bond donors (Lipinski definition) is 2. The molecule has 8 heteroatoms. The van der Waals surface area contributed by atoms with E-state index in [2.05, 4.69) is 58.7 Å². The zero-order valence-electron chi connectivity index (χ0n) is 22.0. The number of aromatic nitrogens is 3. The molecule has 0 saturated heterocycles. The lowest BCUT2D eigenvalue weighted by atomic mass is 9.99. The number of rotatable bonds is 5. The number of nitrogens with zero attached hydrogens (tertiary/aromatic N) is 4. The van der Waals surface area contributed by atoms with E-state index >= 15 is 0 Å². The van der Waals surface area contributed by atoms with Gasteiger partial charge in [0, 0.05) is 51.7 Å². The second-order valence-corrected chi connectivity index (χ2v) is 12.3. The summed E-state index contributed by atoms with van der Waals surface area (Å²) in [6.45, 7) is 12.5. The second-order valence-electron chi connectivity index (χ2n) is 10.7. The maximum atomic E-state index is 10.5. The minimum Gasteiger partial charge on any atom is -0.389 e. The molecule has 2 aliphatic rings. The molecule has 0 unspecified atom stereocenters. The van der Waals surface area contributed by atoms with Crippen LogP contribution >= 0.6 is 22.9 Å². The molecule has 2 aromatic carbocycles. The van der Waals surface area contributed by atoms with Gasteiger partial charge < -0.3 is 10.4 Å². The number of anilines is 1. The van der Waals surface area contributed by atoms with Crippen LogP contribution in [0, 0.1) is 20.8 Å². The normalized spacial score (nSPS) is 19.8. The lowest BCUT2D eigenvalue weighted by Crippen LogP contribution is -2.23. The van der Waals surface area contributed by atoms with E-state index < -0.39 is 5.60 Å². The summed E-state index contributed by atoms with van der Waals surface area (Å²) in [5, 5.41) is 24.8. The van der Waals surface area contributed by atoms with Crippen molar-refractivity contribution in [2.45, 2.75) is 58.6 Å². The van der Waals surface area contributed by atoms with Crippen molar-refractivity contribution in [3.63, 3.8) is 0 Å². The van der Waals surface area contributed by atoms with Gasteiger partial charge in [0.2, 0.25) is 0 Å². The molecular weight excluding hydrogens is 514 g/mol. The number of aryl methyl sites for hydroxylation is 2. The van der Waals surface area contributed by atoms with E-state index in [1.807, 2.05) is 38.1 Å². The Morgan fingerprint density at radius 2 is 1.87 bits per heavy atom. The SMILES string of the molecule is C=C(C[C@@H]1N=C(c2ccc(Cl)cc2)c2c(sc(C)c2C)-n2c(C)nnc21)Nc1ccc2c(c1)C[C@@](C)(O)C2. The highest BCUT2D eigenvalue weighted by Crippen LogP contribution is 2.40. The average molecular weight is 544 g/mol. The van der Waals surface area contributed by atoms with Gasteiger partial charge in [-0.05, 0) is 68.7 Å². The Morgan fingerprint density at radius 1 is 1.13 bits per heavy atom. The van der Waals surface area contributed by atoms with Gasteiger partial charge in [0.15, 0.2) is 5.82 Å². The standard InChI is InChI=1S/C30H30ClN5OS/c1-16(32-24-11-8-21-14-30(5,37)15-22(21)13-24)12-25-28-35-34-19(4)36(28)29-26(17(2)18(3)38-29)27(33-25)20-6-9-23(31)10-7-20/h6-11,13,25,32,37H,1,12,14-15H2,2-5H3/t25-,30-/m0/s1. The summed E-state index contributed by atoms with van der Waals surface area (Å²) in [6, 6.07) is 13.9. The Hall–Kier alpha value is -3.26. The number of aliphatic imine (C=N–C) groups is 1. The zero-order valence-corrected chi connectivity index (χ0v) is 23.5. The van der Waals surface area contributed by atoms with Crippen molar-refractivity contribution in [1.82, 2.24) is 14.8 Å². The van der Waals surface area contributed by atoms with Crippen molar-refractivity contribution in [3.05, 3.63) is 104 Å². The lowest BCUT2D eigenvalue weighted by molar-refractivity contribution is 0.0719. The molecule has 6 nitrogen and oxygen atoms in total. The number of fused-ring (bicyclic) bond motifs is 4. The number of benzene rings is 2. The maximum Gasteiger partial charge on any atom is 0.163 e. The zero-order chi connectivity index (χ0) is 26.8. The highest BCUT2D eigenvalue weighted by atomic mass is 35.5. The van der Waals surface area contributed by atoms with Crippen molar-refractivity contribution in [2.24, 2.45) is 4.99 Å².